The number of carboxylic acid groups (broad SMARTS) is 1. The molecular formula is C16H19NO3. The second kappa shape index (κ2) is 6.39. The quantitative estimate of drug-likeness (QED) is 0.848. The number of hydrogen-bond acceptors (Lipinski definition) is 3. The van der Waals surface area contributed by atoms with E-state index >= 15 is 0 Å². The monoisotopic (exact) mass is 273 g/mol. The molecule has 0 spiro atoms. The molecule has 0 saturated carbocycles. The minimum absolute atomic E-state index is 0.00624. The fourth-order valence-electron chi connectivity index (χ4n) is 2.21. The molecule has 20 heavy (non-hydrogen) atoms. The van der Waals surface area contributed by atoms with Crippen molar-refractivity contribution in [2.75, 3.05) is 0 Å². The fraction of sp³-hybridized carbons (Fsp3) is 0.312. The molecule has 0 amide bonds. The Morgan fingerprint density at radius 3 is 2.45 bits per heavy atom. The first kappa shape index (κ1) is 14.3. The minimum atomic E-state index is -1.03. The predicted molar refractivity (Wildman–Crippen MR) is 76.8 cm³/mol. The van der Waals surface area contributed by atoms with Crippen molar-refractivity contribution in [2.24, 2.45) is 0 Å². The third kappa shape index (κ3) is 3.27. The van der Waals surface area contributed by atoms with Crippen LogP contribution < -0.4 is 5.32 Å². The van der Waals surface area contributed by atoms with Gasteiger partial charge in [-0.05, 0) is 30.5 Å². The third-order valence-electron chi connectivity index (χ3n) is 3.36. The van der Waals surface area contributed by atoms with Gasteiger partial charge in [0.1, 0.15) is 5.76 Å². The number of benzene rings is 1. The summed E-state index contributed by atoms with van der Waals surface area (Å²) in [5.41, 5.74) is 3.49. The van der Waals surface area contributed by atoms with Gasteiger partial charge in [-0.3, -0.25) is 0 Å². The van der Waals surface area contributed by atoms with Crippen LogP contribution in [0.2, 0.25) is 0 Å². The summed E-state index contributed by atoms with van der Waals surface area (Å²) in [5.74, 6) is -0.386. The molecule has 4 heteroatoms. The Labute approximate surface area is 118 Å². The second-order valence-corrected chi connectivity index (χ2v) is 4.72. The zero-order valence-corrected chi connectivity index (χ0v) is 11.8. The summed E-state index contributed by atoms with van der Waals surface area (Å²) in [4.78, 5) is 10.8. The first-order chi connectivity index (χ1) is 9.61. The number of aryl methyl sites for hydroxylation is 2. The van der Waals surface area contributed by atoms with Crippen molar-refractivity contribution in [3.63, 3.8) is 0 Å². The van der Waals surface area contributed by atoms with Gasteiger partial charge in [0.15, 0.2) is 0 Å². The predicted octanol–water partition coefficient (Wildman–Crippen LogP) is 3.14. The Morgan fingerprint density at radius 1 is 1.20 bits per heavy atom. The maximum Gasteiger partial charge on any atom is 0.371 e. The van der Waals surface area contributed by atoms with E-state index in [0.717, 1.165) is 18.5 Å². The van der Waals surface area contributed by atoms with Crippen molar-refractivity contribution >= 4 is 5.97 Å². The van der Waals surface area contributed by atoms with Crippen LogP contribution in [0.4, 0.5) is 0 Å². The molecule has 2 rings (SSSR count). The van der Waals surface area contributed by atoms with Gasteiger partial charge in [0, 0.05) is 18.7 Å². The Kier molecular flexibility index (Phi) is 4.58. The standard InChI is InChI=1S/C16H19NO3/c1-3-12-6-4-5-7-13(12)9-17-10-14-8-15(16(18)19)20-11(14)2/h4-8,17H,3,9-10H2,1-2H3,(H,18,19). The first-order valence-electron chi connectivity index (χ1n) is 6.72. The van der Waals surface area contributed by atoms with Gasteiger partial charge in [-0.2, -0.15) is 0 Å². The molecule has 1 aromatic heterocycles. The van der Waals surface area contributed by atoms with Gasteiger partial charge in [0.05, 0.1) is 0 Å². The van der Waals surface area contributed by atoms with Gasteiger partial charge < -0.3 is 14.8 Å². The summed E-state index contributed by atoms with van der Waals surface area (Å²) in [7, 11) is 0. The lowest BCUT2D eigenvalue weighted by Crippen LogP contribution is -2.14. The molecule has 0 atom stereocenters. The van der Waals surface area contributed by atoms with E-state index in [1.54, 1.807) is 13.0 Å². The average molecular weight is 273 g/mol. The van der Waals surface area contributed by atoms with Crippen molar-refractivity contribution in [1.82, 2.24) is 5.32 Å². The Morgan fingerprint density at radius 2 is 1.85 bits per heavy atom. The molecule has 0 radical (unpaired) electrons. The molecular weight excluding hydrogens is 254 g/mol. The minimum Gasteiger partial charge on any atom is -0.475 e. The van der Waals surface area contributed by atoms with E-state index in [-0.39, 0.29) is 5.76 Å². The van der Waals surface area contributed by atoms with E-state index < -0.39 is 5.97 Å². The smallest absolute Gasteiger partial charge is 0.371 e. The van der Waals surface area contributed by atoms with Crippen LogP contribution in [-0.4, -0.2) is 11.1 Å². The van der Waals surface area contributed by atoms with Crippen molar-refractivity contribution in [1.29, 1.82) is 0 Å². The number of hydrogen-bond donors (Lipinski definition) is 2. The highest BCUT2D eigenvalue weighted by Crippen LogP contribution is 2.15. The molecule has 2 aromatic rings. The molecule has 4 nitrogen and oxygen atoms in total. The van der Waals surface area contributed by atoms with E-state index in [1.807, 2.05) is 12.1 Å². The number of nitrogens with one attached hydrogen (secondary N) is 1. The molecule has 0 unspecified atom stereocenters. The van der Waals surface area contributed by atoms with Gasteiger partial charge in [0.2, 0.25) is 5.76 Å². The lowest BCUT2D eigenvalue weighted by atomic mass is 10.1. The van der Waals surface area contributed by atoms with Crippen LogP contribution in [0.15, 0.2) is 34.7 Å². The molecule has 0 aliphatic heterocycles. The van der Waals surface area contributed by atoms with E-state index in [4.69, 9.17) is 9.52 Å². The molecule has 0 bridgehead atoms. The molecule has 2 N–H and O–H groups in total. The van der Waals surface area contributed by atoms with Crippen LogP contribution in [0.3, 0.4) is 0 Å². The second-order valence-electron chi connectivity index (χ2n) is 4.72. The van der Waals surface area contributed by atoms with E-state index in [2.05, 4.69) is 24.4 Å². The maximum atomic E-state index is 10.8. The molecule has 1 heterocycles. The Bertz CT molecular complexity index is 602. The fourth-order valence-corrected chi connectivity index (χ4v) is 2.21. The summed E-state index contributed by atoms with van der Waals surface area (Å²) in [6.45, 7) is 5.28. The van der Waals surface area contributed by atoms with Gasteiger partial charge >= 0.3 is 5.97 Å². The van der Waals surface area contributed by atoms with Crippen LogP contribution in [0, 0.1) is 6.92 Å². The highest BCUT2D eigenvalue weighted by atomic mass is 16.4. The van der Waals surface area contributed by atoms with Crippen molar-refractivity contribution in [2.45, 2.75) is 33.4 Å². The van der Waals surface area contributed by atoms with Gasteiger partial charge in [-0.25, -0.2) is 4.79 Å². The van der Waals surface area contributed by atoms with Gasteiger partial charge in [0.25, 0.3) is 0 Å². The normalized spacial score (nSPS) is 10.7. The van der Waals surface area contributed by atoms with E-state index in [1.165, 1.54) is 11.1 Å². The molecule has 0 aliphatic carbocycles. The van der Waals surface area contributed by atoms with Crippen LogP contribution in [0.1, 0.15) is 39.9 Å². The lowest BCUT2D eigenvalue weighted by molar-refractivity contribution is 0.0661. The zero-order chi connectivity index (χ0) is 14.5. The van der Waals surface area contributed by atoms with Crippen molar-refractivity contribution < 1.29 is 14.3 Å². The van der Waals surface area contributed by atoms with Gasteiger partial charge in [-0.15, -0.1) is 0 Å². The first-order valence-corrected chi connectivity index (χ1v) is 6.72. The van der Waals surface area contributed by atoms with Crippen LogP contribution in [0.25, 0.3) is 0 Å². The lowest BCUT2D eigenvalue weighted by Gasteiger charge is -2.08. The summed E-state index contributed by atoms with van der Waals surface area (Å²) in [6.07, 6.45) is 1.01. The Balaban J connectivity index is 1.97. The third-order valence-corrected chi connectivity index (χ3v) is 3.36. The molecule has 0 saturated heterocycles. The highest BCUT2D eigenvalue weighted by molar-refractivity contribution is 5.84. The van der Waals surface area contributed by atoms with Crippen LogP contribution in [0.5, 0.6) is 0 Å². The van der Waals surface area contributed by atoms with Crippen LogP contribution in [-0.2, 0) is 19.5 Å². The Hall–Kier alpha value is -2.07. The molecule has 1 aromatic carbocycles. The zero-order valence-electron chi connectivity index (χ0n) is 11.8. The molecule has 106 valence electrons. The topological polar surface area (TPSA) is 62.5 Å². The van der Waals surface area contributed by atoms with E-state index in [0.29, 0.717) is 12.3 Å². The maximum absolute atomic E-state index is 10.8. The van der Waals surface area contributed by atoms with Gasteiger partial charge in [-0.1, -0.05) is 31.2 Å². The SMILES string of the molecule is CCc1ccccc1CNCc1cc(C(=O)O)oc1C. The number of furan rings is 1. The van der Waals surface area contributed by atoms with Crippen molar-refractivity contribution in [3.8, 4) is 0 Å². The highest BCUT2D eigenvalue weighted by Gasteiger charge is 2.12. The number of carbonyl (C=O) groups is 1. The van der Waals surface area contributed by atoms with E-state index in [9.17, 15) is 4.79 Å². The summed E-state index contributed by atoms with van der Waals surface area (Å²) in [6, 6.07) is 9.89. The average Bonchev–Trinajstić information content (AvgIpc) is 2.81. The molecule has 0 fully saturated rings. The summed E-state index contributed by atoms with van der Waals surface area (Å²) < 4.78 is 5.18. The van der Waals surface area contributed by atoms with Crippen LogP contribution >= 0.6 is 0 Å². The largest absolute Gasteiger partial charge is 0.475 e. The van der Waals surface area contributed by atoms with Crippen molar-refractivity contribution in [3.05, 3.63) is 58.5 Å². The number of rotatable bonds is 6. The number of carboxylic acids is 1. The summed E-state index contributed by atoms with van der Waals surface area (Å²) in [5, 5.41) is 12.2. The number of aromatic carboxylic acids is 1. The molecule has 0 aliphatic rings. The summed E-state index contributed by atoms with van der Waals surface area (Å²) >= 11 is 0.